The third kappa shape index (κ3) is 3.20. The third-order valence-corrected chi connectivity index (χ3v) is 3.87. The van der Waals surface area contributed by atoms with Gasteiger partial charge in [0.2, 0.25) is 0 Å². The smallest absolute Gasteiger partial charge is 0.124 e. The van der Waals surface area contributed by atoms with E-state index >= 15 is 0 Å². The topological polar surface area (TPSA) is 20.2 Å². The first-order chi connectivity index (χ1) is 9.29. The van der Waals surface area contributed by atoms with Crippen LogP contribution in [0.5, 0.6) is 0 Å². The number of halogens is 2. The van der Waals surface area contributed by atoms with Gasteiger partial charge in [-0.3, -0.25) is 0 Å². The van der Waals surface area contributed by atoms with Crippen LogP contribution in [0.3, 0.4) is 0 Å². The molecule has 0 saturated heterocycles. The van der Waals surface area contributed by atoms with Crippen LogP contribution in [0.25, 0.3) is 0 Å². The number of rotatable bonds is 3. The Hall–Kier alpha value is -1.38. The normalized spacial score (nSPS) is 14.1. The van der Waals surface area contributed by atoms with Crippen molar-refractivity contribution < 1.29 is 9.50 Å². The van der Waals surface area contributed by atoms with E-state index in [4.69, 9.17) is 11.6 Å². The summed E-state index contributed by atoms with van der Waals surface area (Å²) in [5.41, 5.74) is 2.68. The lowest BCUT2D eigenvalue weighted by molar-refractivity contribution is 0.0569. The average Bonchev–Trinajstić information content (AvgIpc) is 2.35. The Morgan fingerprint density at radius 1 is 1.15 bits per heavy atom. The highest BCUT2D eigenvalue weighted by molar-refractivity contribution is 6.31. The van der Waals surface area contributed by atoms with E-state index in [9.17, 15) is 9.50 Å². The number of hydrogen-bond acceptors (Lipinski definition) is 1. The zero-order valence-corrected chi connectivity index (χ0v) is 12.6. The van der Waals surface area contributed by atoms with E-state index in [-0.39, 0.29) is 5.82 Å². The van der Waals surface area contributed by atoms with Crippen LogP contribution in [0.2, 0.25) is 5.02 Å². The summed E-state index contributed by atoms with van der Waals surface area (Å²) in [6.07, 6.45) is 0.344. The van der Waals surface area contributed by atoms with Crippen molar-refractivity contribution in [3.63, 3.8) is 0 Å². The molecule has 0 spiro atoms. The van der Waals surface area contributed by atoms with Crippen LogP contribution in [0.4, 0.5) is 4.39 Å². The molecule has 1 atom stereocenters. The molecule has 0 radical (unpaired) electrons. The van der Waals surface area contributed by atoms with Crippen LogP contribution in [0.1, 0.15) is 29.2 Å². The summed E-state index contributed by atoms with van der Waals surface area (Å²) < 4.78 is 13.1. The molecule has 3 heteroatoms. The van der Waals surface area contributed by atoms with Gasteiger partial charge in [0, 0.05) is 11.4 Å². The van der Waals surface area contributed by atoms with Gasteiger partial charge in [0.1, 0.15) is 5.82 Å². The minimum atomic E-state index is -1.04. The summed E-state index contributed by atoms with van der Waals surface area (Å²) in [5.74, 6) is -0.370. The van der Waals surface area contributed by atoms with Crippen LogP contribution in [0.15, 0.2) is 36.4 Å². The zero-order chi connectivity index (χ0) is 14.9. The molecule has 0 aliphatic heterocycles. The van der Waals surface area contributed by atoms with E-state index in [1.54, 1.807) is 13.0 Å². The number of hydrogen-bond donors (Lipinski definition) is 1. The lowest BCUT2D eigenvalue weighted by atomic mass is 9.85. The molecule has 106 valence electrons. The molecule has 2 rings (SSSR count). The molecule has 20 heavy (non-hydrogen) atoms. The Bertz CT molecular complexity index is 635. The highest BCUT2D eigenvalue weighted by Gasteiger charge is 2.26. The Balaban J connectivity index is 2.37. The molecule has 0 heterocycles. The van der Waals surface area contributed by atoms with Crippen molar-refractivity contribution in [1.29, 1.82) is 0 Å². The molecule has 0 aliphatic rings. The quantitative estimate of drug-likeness (QED) is 0.880. The third-order valence-electron chi connectivity index (χ3n) is 3.52. The SMILES string of the molecule is Cc1ccc(C)c(C(C)(O)Cc2ccc(F)cc2Cl)c1. The van der Waals surface area contributed by atoms with E-state index in [1.165, 1.54) is 12.1 Å². The lowest BCUT2D eigenvalue weighted by Gasteiger charge is -2.27. The Morgan fingerprint density at radius 3 is 2.50 bits per heavy atom. The number of benzene rings is 2. The molecular formula is C17H18ClFO. The van der Waals surface area contributed by atoms with E-state index in [0.29, 0.717) is 11.4 Å². The van der Waals surface area contributed by atoms with Gasteiger partial charge in [0.15, 0.2) is 0 Å². The molecule has 0 fully saturated rings. The highest BCUT2D eigenvalue weighted by Crippen LogP contribution is 2.31. The minimum absolute atomic E-state index is 0.343. The summed E-state index contributed by atoms with van der Waals surface area (Å²) in [4.78, 5) is 0. The molecule has 1 N–H and O–H groups in total. The van der Waals surface area contributed by atoms with Crippen molar-refractivity contribution in [3.05, 3.63) is 69.5 Å². The fourth-order valence-electron chi connectivity index (χ4n) is 2.45. The first-order valence-electron chi connectivity index (χ1n) is 6.53. The van der Waals surface area contributed by atoms with Crippen LogP contribution in [0, 0.1) is 19.7 Å². The van der Waals surface area contributed by atoms with Crippen LogP contribution in [-0.4, -0.2) is 5.11 Å². The van der Waals surface area contributed by atoms with Crippen molar-refractivity contribution in [1.82, 2.24) is 0 Å². The van der Waals surface area contributed by atoms with Gasteiger partial charge in [0.25, 0.3) is 0 Å². The van der Waals surface area contributed by atoms with Gasteiger partial charge in [-0.25, -0.2) is 4.39 Å². The van der Waals surface area contributed by atoms with Gasteiger partial charge in [-0.1, -0.05) is 41.4 Å². The monoisotopic (exact) mass is 292 g/mol. The van der Waals surface area contributed by atoms with Gasteiger partial charge in [-0.15, -0.1) is 0 Å². The molecule has 0 amide bonds. The fourth-order valence-corrected chi connectivity index (χ4v) is 2.68. The Morgan fingerprint density at radius 2 is 1.85 bits per heavy atom. The Kier molecular flexibility index (Phi) is 4.17. The van der Waals surface area contributed by atoms with E-state index in [2.05, 4.69) is 0 Å². The second-order valence-corrected chi connectivity index (χ2v) is 5.91. The maximum Gasteiger partial charge on any atom is 0.124 e. The van der Waals surface area contributed by atoms with Crippen molar-refractivity contribution in [3.8, 4) is 0 Å². The first-order valence-corrected chi connectivity index (χ1v) is 6.91. The first kappa shape index (κ1) is 15.0. The van der Waals surface area contributed by atoms with E-state index in [1.807, 2.05) is 32.0 Å². The van der Waals surface area contributed by atoms with Crippen LogP contribution < -0.4 is 0 Å². The van der Waals surface area contributed by atoms with E-state index in [0.717, 1.165) is 22.3 Å². The number of aliphatic hydroxyl groups is 1. The van der Waals surface area contributed by atoms with Crippen molar-refractivity contribution in [2.75, 3.05) is 0 Å². The number of aryl methyl sites for hydroxylation is 2. The summed E-state index contributed by atoms with van der Waals surface area (Å²) >= 11 is 6.04. The predicted molar refractivity (Wildman–Crippen MR) is 80.6 cm³/mol. The van der Waals surface area contributed by atoms with Gasteiger partial charge in [0.05, 0.1) is 5.60 Å². The molecule has 1 unspecified atom stereocenters. The van der Waals surface area contributed by atoms with E-state index < -0.39 is 5.60 Å². The molecule has 2 aromatic rings. The van der Waals surface area contributed by atoms with Gasteiger partial charge in [-0.2, -0.15) is 0 Å². The molecule has 0 saturated carbocycles. The van der Waals surface area contributed by atoms with Crippen LogP contribution >= 0.6 is 11.6 Å². The summed E-state index contributed by atoms with van der Waals surface area (Å²) in [6.45, 7) is 5.72. The lowest BCUT2D eigenvalue weighted by Crippen LogP contribution is -2.25. The highest BCUT2D eigenvalue weighted by atomic mass is 35.5. The molecule has 0 aliphatic carbocycles. The van der Waals surface area contributed by atoms with Gasteiger partial charge < -0.3 is 5.11 Å². The standard InChI is InChI=1S/C17H18ClFO/c1-11-4-5-12(2)15(8-11)17(3,20)10-13-6-7-14(19)9-16(13)18/h4-9,20H,10H2,1-3H3. The molecule has 1 nitrogen and oxygen atoms in total. The minimum Gasteiger partial charge on any atom is -0.385 e. The Labute approximate surface area is 124 Å². The maximum atomic E-state index is 13.1. The summed E-state index contributed by atoms with van der Waals surface area (Å²) in [6, 6.07) is 10.2. The second kappa shape index (κ2) is 5.55. The largest absolute Gasteiger partial charge is 0.385 e. The van der Waals surface area contributed by atoms with Crippen LogP contribution in [-0.2, 0) is 12.0 Å². The zero-order valence-electron chi connectivity index (χ0n) is 11.9. The molecule has 2 aromatic carbocycles. The average molecular weight is 293 g/mol. The molecule has 0 aromatic heterocycles. The fraction of sp³-hybridized carbons (Fsp3) is 0.294. The van der Waals surface area contributed by atoms with Crippen molar-refractivity contribution in [2.24, 2.45) is 0 Å². The van der Waals surface area contributed by atoms with Gasteiger partial charge in [-0.05, 0) is 49.6 Å². The molecular weight excluding hydrogens is 275 g/mol. The van der Waals surface area contributed by atoms with Gasteiger partial charge >= 0.3 is 0 Å². The molecule has 0 bridgehead atoms. The summed E-state index contributed by atoms with van der Waals surface area (Å²) in [7, 11) is 0. The summed E-state index contributed by atoms with van der Waals surface area (Å²) in [5, 5.41) is 11.1. The maximum absolute atomic E-state index is 13.1. The second-order valence-electron chi connectivity index (χ2n) is 5.50. The predicted octanol–water partition coefficient (Wildman–Crippen LogP) is 4.55. The van der Waals surface area contributed by atoms with Crippen molar-refractivity contribution in [2.45, 2.75) is 32.8 Å². The van der Waals surface area contributed by atoms with Crippen molar-refractivity contribution >= 4 is 11.6 Å².